The van der Waals surface area contributed by atoms with E-state index in [1.54, 1.807) is 6.07 Å². The Balaban J connectivity index is 0.00000342. The first-order valence-corrected chi connectivity index (χ1v) is 11.1. The fraction of sp³-hybridized carbons (Fsp3) is 0.400. The summed E-state index contributed by atoms with van der Waals surface area (Å²) in [6.45, 7) is 0.354. The maximum atomic E-state index is 15.4. The summed E-state index contributed by atoms with van der Waals surface area (Å²) in [5.41, 5.74) is 1.17. The van der Waals surface area contributed by atoms with E-state index >= 15 is 4.39 Å². The zero-order chi connectivity index (χ0) is 24.3. The number of nitrogens with zero attached hydrogens (tertiary/aromatic N) is 2. The number of hydrogen-bond donors (Lipinski definition) is 1. The predicted molar refractivity (Wildman–Crippen MR) is 124 cm³/mol. The minimum Gasteiger partial charge on any atom is -0.342 e. The Bertz CT molecular complexity index is 1070. The lowest BCUT2D eigenvalue weighted by Crippen LogP contribution is -2.46. The van der Waals surface area contributed by atoms with Gasteiger partial charge in [0.25, 0.3) is 0 Å². The number of H-pyrrole nitrogens is 1. The smallest absolute Gasteiger partial charge is 0.342 e. The third-order valence-corrected chi connectivity index (χ3v) is 6.31. The van der Waals surface area contributed by atoms with Crippen molar-refractivity contribution in [1.82, 2.24) is 14.9 Å². The SMILES string of the molecule is Cl.FC(F)C(Cc1ncc(-c2ccccc2)[nH]1)C(F)N1CCCC(c2cccc(C(F)(F)F)c2)C1. The van der Waals surface area contributed by atoms with Crippen LogP contribution < -0.4 is 0 Å². The van der Waals surface area contributed by atoms with Crippen molar-refractivity contribution in [1.29, 1.82) is 0 Å². The second kappa shape index (κ2) is 11.5. The molecule has 0 aliphatic carbocycles. The van der Waals surface area contributed by atoms with E-state index in [-0.39, 0.29) is 43.7 Å². The van der Waals surface area contributed by atoms with Gasteiger partial charge in [-0.15, -0.1) is 12.4 Å². The summed E-state index contributed by atoms with van der Waals surface area (Å²) >= 11 is 0. The van der Waals surface area contributed by atoms with Crippen molar-refractivity contribution in [2.75, 3.05) is 13.1 Å². The molecule has 3 nitrogen and oxygen atoms in total. The lowest BCUT2D eigenvalue weighted by molar-refractivity contribution is -0.137. The molecule has 35 heavy (non-hydrogen) atoms. The summed E-state index contributed by atoms with van der Waals surface area (Å²) in [6, 6.07) is 14.2. The maximum absolute atomic E-state index is 15.4. The summed E-state index contributed by atoms with van der Waals surface area (Å²) in [6.07, 6.45) is -7.01. The van der Waals surface area contributed by atoms with Gasteiger partial charge in [-0.1, -0.05) is 48.5 Å². The molecular formula is C25H26ClF6N3. The number of halogens is 7. The molecular weight excluding hydrogens is 492 g/mol. The highest BCUT2D eigenvalue weighted by molar-refractivity contribution is 5.85. The Morgan fingerprint density at radius 1 is 1.03 bits per heavy atom. The maximum Gasteiger partial charge on any atom is 0.416 e. The minimum atomic E-state index is -4.48. The number of rotatable bonds is 7. The highest BCUT2D eigenvalue weighted by Gasteiger charge is 2.38. The van der Waals surface area contributed by atoms with Gasteiger partial charge in [0.2, 0.25) is 6.43 Å². The van der Waals surface area contributed by atoms with Crippen LogP contribution in [0.1, 0.15) is 35.7 Å². The van der Waals surface area contributed by atoms with E-state index in [1.165, 1.54) is 17.2 Å². The molecule has 2 aromatic carbocycles. The second-order valence-electron chi connectivity index (χ2n) is 8.64. The molecule has 3 atom stereocenters. The average molecular weight is 518 g/mol. The number of imidazole rings is 1. The summed E-state index contributed by atoms with van der Waals surface area (Å²) in [4.78, 5) is 8.47. The van der Waals surface area contributed by atoms with Crippen LogP contribution in [0.15, 0.2) is 60.8 Å². The van der Waals surface area contributed by atoms with Crippen LogP contribution in [0.4, 0.5) is 26.3 Å². The van der Waals surface area contributed by atoms with Crippen molar-refractivity contribution in [2.24, 2.45) is 5.92 Å². The third-order valence-electron chi connectivity index (χ3n) is 6.31. The zero-order valence-electron chi connectivity index (χ0n) is 18.7. The molecule has 4 rings (SSSR count). The summed E-state index contributed by atoms with van der Waals surface area (Å²) in [5, 5.41) is 0. The second-order valence-corrected chi connectivity index (χ2v) is 8.64. The molecule has 0 radical (unpaired) electrons. The van der Waals surface area contributed by atoms with Crippen molar-refractivity contribution < 1.29 is 26.3 Å². The van der Waals surface area contributed by atoms with E-state index in [4.69, 9.17) is 0 Å². The van der Waals surface area contributed by atoms with Crippen LogP contribution in [0.2, 0.25) is 0 Å². The van der Waals surface area contributed by atoms with Gasteiger partial charge in [0.05, 0.1) is 23.4 Å². The number of nitrogens with one attached hydrogen (secondary N) is 1. The number of alkyl halides is 6. The van der Waals surface area contributed by atoms with E-state index in [1.807, 2.05) is 30.3 Å². The van der Waals surface area contributed by atoms with Crippen molar-refractivity contribution in [2.45, 2.75) is 44.1 Å². The molecule has 1 aromatic heterocycles. The molecule has 0 spiro atoms. The normalized spacial score (nSPS) is 18.8. The lowest BCUT2D eigenvalue weighted by atomic mass is 9.88. The first-order valence-electron chi connectivity index (χ1n) is 11.1. The third kappa shape index (κ3) is 6.58. The Hall–Kier alpha value is -2.52. The van der Waals surface area contributed by atoms with E-state index in [0.717, 1.165) is 17.7 Å². The first kappa shape index (κ1) is 27.1. The monoisotopic (exact) mass is 517 g/mol. The molecule has 0 bridgehead atoms. The standard InChI is InChI=1S/C25H25F6N3.ClH/c26-23(27)20(13-22-32-14-21(33-22)16-6-2-1-3-7-16)24(28)34-11-5-9-18(15-34)17-8-4-10-19(12-17)25(29,30)31;/h1-4,6-8,10,12,14,18,20,23-24H,5,9,11,13,15H2,(H,32,33);1H. The number of aromatic nitrogens is 2. The van der Waals surface area contributed by atoms with Gasteiger partial charge in [0.1, 0.15) is 5.82 Å². The first-order chi connectivity index (χ1) is 16.2. The van der Waals surface area contributed by atoms with Gasteiger partial charge in [0, 0.05) is 19.5 Å². The van der Waals surface area contributed by atoms with Gasteiger partial charge in [-0.25, -0.2) is 18.2 Å². The minimum absolute atomic E-state index is 0. The summed E-state index contributed by atoms with van der Waals surface area (Å²) < 4.78 is 82.5. The molecule has 190 valence electrons. The topological polar surface area (TPSA) is 31.9 Å². The molecule has 0 saturated carbocycles. The van der Waals surface area contributed by atoms with Crippen molar-refractivity contribution in [3.8, 4) is 11.3 Å². The van der Waals surface area contributed by atoms with Gasteiger partial charge in [0.15, 0.2) is 6.30 Å². The van der Waals surface area contributed by atoms with E-state index < -0.39 is 30.4 Å². The summed E-state index contributed by atoms with van der Waals surface area (Å²) in [7, 11) is 0. The van der Waals surface area contributed by atoms with Crippen LogP contribution in [-0.2, 0) is 12.6 Å². The molecule has 1 N–H and O–H groups in total. The van der Waals surface area contributed by atoms with E-state index in [2.05, 4.69) is 9.97 Å². The molecule has 2 heterocycles. The molecule has 1 fully saturated rings. The lowest BCUT2D eigenvalue weighted by Gasteiger charge is -2.37. The van der Waals surface area contributed by atoms with Crippen LogP contribution in [-0.4, -0.2) is 40.7 Å². The van der Waals surface area contributed by atoms with Crippen LogP contribution >= 0.6 is 12.4 Å². The number of piperidine rings is 1. The van der Waals surface area contributed by atoms with Gasteiger partial charge in [-0.05, 0) is 36.0 Å². The van der Waals surface area contributed by atoms with Gasteiger partial charge >= 0.3 is 6.18 Å². The summed E-state index contributed by atoms with van der Waals surface area (Å²) in [5.74, 6) is -1.71. The fourth-order valence-corrected chi connectivity index (χ4v) is 4.50. The van der Waals surface area contributed by atoms with E-state index in [0.29, 0.717) is 24.1 Å². The van der Waals surface area contributed by atoms with Crippen LogP contribution in [0.25, 0.3) is 11.3 Å². The molecule has 1 aliphatic heterocycles. The molecule has 3 unspecified atom stereocenters. The highest BCUT2D eigenvalue weighted by atomic mass is 35.5. The number of aromatic amines is 1. The van der Waals surface area contributed by atoms with E-state index in [9.17, 15) is 22.0 Å². The molecule has 10 heteroatoms. The fourth-order valence-electron chi connectivity index (χ4n) is 4.50. The van der Waals surface area contributed by atoms with Crippen LogP contribution in [0.3, 0.4) is 0 Å². The Morgan fingerprint density at radius 2 is 1.77 bits per heavy atom. The quantitative estimate of drug-likeness (QED) is 0.267. The van der Waals surface area contributed by atoms with Gasteiger partial charge in [-0.2, -0.15) is 13.2 Å². The van der Waals surface area contributed by atoms with Gasteiger partial charge < -0.3 is 4.98 Å². The Kier molecular flexibility index (Phi) is 8.88. The largest absolute Gasteiger partial charge is 0.416 e. The van der Waals surface area contributed by atoms with Crippen molar-refractivity contribution in [3.05, 3.63) is 77.7 Å². The van der Waals surface area contributed by atoms with Crippen LogP contribution in [0.5, 0.6) is 0 Å². The van der Waals surface area contributed by atoms with Crippen molar-refractivity contribution in [3.63, 3.8) is 0 Å². The molecule has 3 aromatic rings. The Labute approximate surface area is 206 Å². The average Bonchev–Trinajstić information content (AvgIpc) is 3.31. The number of benzene rings is 2. The van der Waals surface area contributed by atoms with Crippen molar-refractivity contribution >= 4 is 12.4 Å². The predicted octanol–water partition coefficient (Wildman–Crippen LogP) is 7.12. The molecule has 1 aliphatic rings. The molecule has 1 saturated heterocycles. The highest BCUT2D eigenvalue weighted by Crippen LogP contribution is 2.35. The number of hydrogen-bond acceptors (Lipinski definition) is 2. The Morgan fingerprint density at radius 3 is 2.46 bits per heavy atom. The number of likely N-dealkylation sites (tertiary alicyclic amines) is 1. The zero-order valence-corrected chi connectivity index (χ0v) is 19.5. The van der Waals surface area contributed by atoms with Crippen LogP contribution in [0, 0.1) is 5.92 Å². The van der Waals surface area contributed by atoms with Gasteiger partial charge in [-0.3, -0.25) is 4.90 Å². The molecule has 0 amide bonds.